The predicted octanol–water partition coefficient (Wildman–Crippen LogP) is 6.95. The lowest BCUT2D eigenvalue weighted by Gasteiger charge is -2.33. The molecule has 0 bridgehead atoms. The third kappa shape index (κ3) is 4.29. The summed E-state index contributed by atoms with van der Waals surface area (Å²) in [6, 6.07) is -1.48. The molecule has 1 atom stereocenters. The molecule has 15 heteroatoms. The van der Waals surface area contributed by atoms with Crippen LogP contribution in [0, 0.1) is 5.92 Å². The molecule has 1 aromatic rings. The maximum Gasteiger partial charge on any atom is 0.460 e. The second-order valence-electron chi connectivity index (χ2n) is 6.78. The van der Waals surface area contributed by atoms with Gasteiger partial charge in [0.15, 0.2) is 0 Å². The Labute approximate surface area is 164 Å². The zero-order valence-electron chi connectivity index (χ0n) is 15.1. The van der Waals surface area contributed by atoms with Crippen molar-refractivity contribution in [2.75, 3.05) is 0 Å². The van der Waals surface area contributed by atoms with Crippen LogP contribution in [-0.2, 0) is 11.8 Å². The fourth-order valence-electron chi connectivity index (χ4n) is 2.35. The largest absolute Gasteiger partial charge is 0.460 e. The van der Waals surface area contributed by atoms with Crippen LogP contribution < -0.4 is 0 Å². The molecule has 0 aliphatic carbocycles. The van der Waals surface area contributed by atoms with Gasteiger partial charge in [-0.15, -0.1) is 0 Å². The van der Waals surface area contributed by atoms with Crippen molar-refractivity contribution in [2.45, 2.75) is 56.0 Å². The van der Waals surface area contributed by atoms with Crippen LogP contribution in [0.4, 0.5) is 61.5 Å². The lowest BCUT2D eigenvalue weighted by molar-refractivity contribution is -0.361. The van der Waals surface area contributed by atoms with Gasteiger partial charge in [-0.3, -0.25) is 0 Å². The standard InChI is InChI=1S/C16H12F14O/c1-6(2)10(31)8-4-3-7(11(17,18)13(21,22)15(25,26)27)5-9(8)12(19,20)14(23,24)16(28,29)30/h3-6,10,31H,1-2H3. The van der Waals surface area contributed by atoms with Crippen molar-refractivity contribution in [3.63, 3.8) is 0 Å². The Hall–Kier alpha value is -1.80. The van der Waals surface area contributed by atoms with Crippen molar-refractivity contribution >= 4 is 0 Å². The highest BCUT2D eigenvalue weighted by Gasteiger charge is 2.75. The van der Waals surface area contributed by atoms with Crippen molar-refractivity contribution < 1.29 is 66.6 Å². The van der Waals surface area contributed by atoms with E-state index >= 15 is 0 Å². The molecule has 1 aromatic carbocycles. The summed E-state index contributed by atoms with van der Waals surface area (Å²) >= 11 is 0. The van der Waals surface area contributed by atoms with Gasteiger partial charge in [0, 0.05) is 11.1 Å². The average Bonchev–Trinajstić information content (AvgIpc) is 2.58. The molecule has 180 valence electrons. The van der Waals surface area contributed by atoms with Gasteiger partial charge in [0.05, 0.1) is 6.10 Å². The number of hydrogen-bond acceptors (Lipinski definition) is 1. The van der Waals surface area contributed by atoms with Gasteiger partial charge in [0.1, 0.15) is 0 Å². The number of alkyl halides is 14. The predicted molar refractivity (Wildman–Crippen MR) is 76.0 cm³/mol. The number of benzene rings is 1. The molecule has 0 fully saturated rings. The molecule has 0 aliphatic rings. The molecule has 0 saturated heterocycles. The normalized spacial score (nSPS) is 16.1. The fourth-order valence-corrected chi connectivity index (χ4v) is 2.35. The van der Waals surface area contributed by atoms with Gasteiger partial charge >= 0.3 is 36.0 Å². The Bertz CT molecular complexity index is 790. The lowest BCUT2D eigenvalue weighted by atomic mass is 9.86. The van der Waals surface area contributed by atoms with E-state index in [0.717, 1.165) is 13.8 Å². The van der Waals surface area contributed by atoms with E-state index in [-0.39, 0.29) is 12.1 Å². The number of aliphatic hydroxyl groups is 1. The maximum atomic E-state index is 14.2. The summed E-state index contributed by atoms with van der Waals surface area (Å²) in [6.45, 7) is 2.07. The quantitative estimate of drug-likeness (QED) is 0.432. The van der Waals surface area contributed by atoms with Crippen molar-refractivity contribution in [1.82, 2.24) is 0 Å². The van der Waals surface area contributed by atoms with Crippen LogP contribution >= 0.6 is 0 Å². The third-order valence-corrected chi connectivity index (χ3v) is 4.20. The molecule has 1 rings (SSSR count). The molecule has 0 spiro atoms. The minimum Gasteiger partial charge on any atom is -0.388 e. The molecule has 31 heavy (non-hydrogen) atoms. The Morgan fingerprint density at radius 3 is 1.39 bits per heavy atom. The van der Waals surface area contributed by atoms with Gasteiger partial charge < -0.3 is 5.11 Å². The van der Waals surface area contributed by atoms with Crippen LogP contribution in [0.2, 0.25) is 0 Å². The molecule has 0 radical (unpaired) electrons. The van der Waals surface area contributed by atoms with E-state index in [4.69, 9.17) is 0 Å². The zero-order valence-corrected chi connectivity index (χ0v) is 15.1. The Kier molecular flexibility index (Phi) is 6.73. The van der Waals surface area contributed by atoms with E-state index in [1.165, 1.54) is 0 Å². The van der Waals surface area contributed by atoms with Gasteiger partial charge in [-0.2, -0.15) is 61.5 Å². The van der Waals surface area contributed by atoms with E-state index in [1.54, 1.807) is 0 Å². The van der Waals surface area contributed by atoms with Gasteiger partial charge in [-0.25, -0.2) is 0 Å². The molecule has 1 unspecified atom stereocenters. The molecule has 1 N–H and O–H groups in total. The van der Waals surface area contributed by atoms with E-state index in [1.807, 2.05) is 0 Å². The number of halogens is 14. The summed E-state index contributed by atoms with van der Waals surface area (Å²) in [7, 11) is 0. The summed E-state index contributed by atoms with van der Waals surface area (Å²) in [5.74, 6) is -27.8. The minimum absolute atomic E-state index is 0.143. The Balaban J connectivity index is 3.92. The topological polar surface area (TPSA) is 20.2 Å². The monoisotopic (exact) mass is 486 g/mol. The highest BCUT2D eigenvalue weighted by molar-refractivity contribution is 5.41. The summed E-state index contributed by atoms with van der Waals surface area (Å²) in [4.78, 5) is 0. The van der Waals surface area contributed by atoms with Crippen LogP contribution in [0.1, 0.15) is 36.6 Å². The lowest BCUT2D eigenvalue weighted by Crippen LogP contribution is -2.51. The van der Waals surface area contributed by atoms with Crippen molar-refractivity contribution in [1.29, 1.82) is 0 Å². The molecule has 0 amide bonds. The average molecular weight is 486 g/mol. The molecular weight excluding hydrogens is 474 g/mol. The third-order valence-electron chi connectivity index (χ3n) is 4.20. The number of hydrogen-bond donors (Lipinski definition) is 1. The molecular formula is C16H12F14O. The summed E-state index contributed by atoms with van der Waals surface area (Å²) in [5.41, 5.74) is -6.81. The van der Waals surface area contributed by atoms with E-state index in [9.17, 15) is 66.6 Å². The molecule has 0 heterocycles. The second-order valence-corrected chi connectivity index (χ2v) is 6.78. The van der Waals surface area contributed by atoms with Crippen LogP contribution in [0.15, 0.2) is 18.2 Å². The van der Waals surface area contributed by atoms with Crippen LogP contribution in [0.25, 0.3) is 0 Å². The van der Waals surface area contributed by atoms with Crippen molar-refractivity contribution in [3.05, 3.63) is 34.9 Å². The molecule has 0 aliphatic heterocycles. The maximum absolute atomic E-state index is 14.2. The zero-order chi connectivity index (χ0) is 25.0. The van der Waals surface area contributed by atoms with Gasteiger partial charge in [0.25, 0.3) is 0 Å². The molecule has 1 nitrogen and oxygen atoms in total. The second kappa shape index (κ2) is 7.66. The molecule has 0 aromatic heterocycles. The fraction of sp³-hybridized carbons (Fsp3) is 0.625. The first-order chi connectivity index (χ1) is 13.4. The van der Waals surface area contributed by atoms with Crippen LogP contribution in [0.3, 0.4) is 0 Å². The summed E-state index contributed by atoms with van der Waals surface area (Å²) in [6.07, 6.45) is -16.2. The van der Waals surface area contributed by atoms with E-state index in [0.29, 0.717) is 0 Å². The van der Waals surface area contributed by atoms with E-state index < -0.39 is 70.8 Å². The van der Waals surface area contributed by atoms with E-state index in [2.05, 4.69) is 0 Å². The van der Waals surface area contributed by atoms with Crippen LogP contribution in [0.5, 0.6) is 0 Å². The highest BCUT2D eigenvalue weighted by atomic mass is 19.4. The van der Waals surface area contributed by atoms with Gasteiger partial charge in [-0.1, -0.05) is 26.0 Å². The first-order valence-electron chi connectivity index (χ1n) is 7.92. The first kappa shape index (κ1) is 27.2. The molecule has 0 saturated carbocycles. The number of rotatable bonds is 6. The van der Waals surface area contributed by atoms with Gasteiger partial charge in [0.2, 0.25) is 0 Å². The smallest absolute Gasteiger partial charge is 0.388 e. The minimum atomic E-state index is -6.98. The Morgan fingerprint density at radius 2 is 1.03 bits per heavy atom. The first-order valence-corrected chi connectivity index (χ1v) is 7.92. The van der Waals surface area contributed by atoms with Crippen molar-refractivity contribution in [3.8, 4) is 0 Å². The van der Waals surface area contributed by atoms with Crippen LogP contribution in [-0.4, -0.2) is 29.3 Å². The summed E-state index contributed by atoms with van der Waals surface area (Å²) in [5, 5.41) is 9.82. The van der Waals surface area contributed by atoms with Gasteiger partial charge in [-0.05, 0) is 17.5 Å². The highest BCUT2D eigenvalue weighted by Crippen LogP contribution is 2.56. The summed E-state index contributed by atoms with van der Waals surface area (Å²) < 4.78 is 184. The SMILES string of the molecule is CC(C)C(O)c1ccc(C(F)(F)C(F)(F)C(F)(F)F)cc1C(F)(F)C(F)(F)C(F)(F)F. The number of aliphatic hydroxyl groups excluding tert-OH is 1. The van der Waals surface area contributed by atoms with Crippen molar-refractivity contribution in [2.24, 2.45) is 5.92 Å². The Morgan fingerprint density at radius 1 is 0.645 bits per heavy atom.